The minimum atomic E-state index is 0.332. The molecule has 0 saturated carbocycles. The van der Waals surface area contributed by atoms with Gasteiger partial charge in [0.05, 0.1) is 11.0 Å². The van der Waals surface area contributed by atoms with E-state index in [1.165, 1.54) is 0 Å². The Balaban J connectivity index is 2.81. The molecular weight excluding hydrogens is 232 g/mol. The molecule has 0 bridgehead atoms. The van der Waals surface area contributed by atoms with Crippen LogP contribution in [0, 0.1) is 0 Å². The van der Waals surface area contributed by atoms with E-state index in [1.807, 2.05) is 24.3 Å². The van der Waals surface area contributed by atoms with Crippen molar-refractivity contribution in [2.24, 2.45) is 0 Å². The predicted molar refractivity (Wildman–Crippen MR) is 52.6 cm³/mol. The molecule has 0 radical (unpaired) electrons. The molecule has 64 valence electrons. The largest absolute Gasteiger partial charge is 0.296 e. The van der Waals surface area contributed by atoms with Gasteiger partial charge in [0.15, 0.2) is 6.29 Å². The third-order valence-corrected chi connectivity index (χ3v) is 2.25. The van der Waals surface area contributed by atoms with Crippen LogP contribution in [0.5, 0.6) is 0 Å². The number of halogens is 1. The van der Waals surface area contributed by atoms with Crippen LogP contribution >= 0.6 is 15.9 Å². The molecule has 0 atom stereocenters. The SMILES string of the molecule is O=Cc1nc2ccccc2nc1Br. The molecule has 0 unspecified atom stereocenters. The third-order valence-electron chi connectivity index (χ3n) is 1.66. The van der Waals surface area contributed by atoms with Crippen LogP contribution in [0.2, 0.25) is 0 Å². The number of aromatic nitrogens is 2. The highest BCUT2D eigenvalue weighted by Gasteiger charge is 2.03. The van der Waals surface area contributed by atoms with E-state index in [0.29, 0.717) is 16.6 Å². The smallest absolute Gasteiger partial charge is 0.171 e. The molecule has 0 spiro atoms. The number of carbonyl (C=O) groups excluding carboxylic acids is 1. The summed E-state index contributed by atoms with van der Waals surface area (Å²) in [5.41, 5.74) is 1.84. The lowest BCUT2D eigenvalue weighted by atomic mass is 10.3. The van der Waals surface area contributed by atoms with Gasteiger partial charge in [0.2, 0.25) is 0 Å². The van der Waals surface area contributed by atoms with Gasteiger partial charge in [-0.05, 0) is 28.1 Å². The Morgan fingerprint density at radius 1 is 1.15 bits per heavy atom. The highest BCUT2D eigenvalue weighted by Crippen LogP contribution is 2.15. The summed E-state index contributed by atoms with van der Waals surface area (Å²) in [6.45, 7) is 0. The van der Waals surface area contributed by atoms with Gasteiger partial charge in [0.1, 0.15) is 10.3 Å². The first kappa shape index (κ1) is 8.31. The molecule has 2 aromatic rings. The van der Waals surface area contributed by atoms with Crippen molar-refractivity contribution in [3.05, 3.63) is 34.6 Å². The summed E-state index contributed by atoms with van der Waals surface area (Å²) in [5.74, 6) is 0. The maximum atomic E-state index is 10.5. The minimum absolute atomic E-state index is 0.332. The number of hydrogen-bond donors (Lipinski definition) is 0. The first-order valence-corrected chi connectivity index (χ1v) is 4.48. The fourth-order valence-electron chi connectivity index (χ4n) is 1.07. The lowest BCUT2D eigenvalue weighted by Crippen LogP contribution is -1.93. The second kappa shape index (κ2) is 3.22. The lowest BCUT2D eigenvalue weighted by molar-refractivity contribution is 0.111. The molecule has 0 saturated heterocycles. The van der Waals surface area contributed by atoms with Gasteiger partial charge < -0.3 is 0 Å². The monoisotopic (exact) mass is 236 g/mol. The van der Waals surface area contributed by atoms with Crippen LogP contribution in [0.15, 0.2) is 28.9 Å². The number of rotatable bonds is 1. The fourth-order valence-corrected chi connectivity index (χ4v) is 1.44. The van der Waals surface area contributed by atoms with E-state index >= 15 is 0 Å². The number of para-hydroxylation sites is 2. The van der Waals surface area contributed by atoms with E-state index < -0.39 is 0 Å². The van der Waals surface area contributed by atoms with Crippen molar-refractivity contribution >= 4 is 33.2 Å². The summed E-state index contributed by atoms with van der Waals surface area (Å²) in [6.07, 6.45) is 0.684. The topological polar surface area (TPSA) is 42.9 Å². The standard InChI is InChI=1S/C9H5BrN2O/c10-9-8(5-13)11-6-3-1-2-4-7(6)12-9/h1-5H. The Morgan fingerprint density at radius 2 is 1.77 bits per heavy atom. The van der Waals surface area contributed by atoms with Gasteiger partial charge in [-0.3, -0.25) is 4.79 Å². The number of carbonyl (C=O) groups is 1. The van der Waals surface area contributed by atoms with Gasteiger partial charge >= 0.3 is 0 Å². The zero-order valence-corrected chi connectivity index (χ0v) is 8.15. The van der Waals surface area contributed by atoms with Crippen molar-refractivity contribution < 1.29 is 4.79 Å². The normalized spacial score (nSPS) is 10.2. The van der Waals surface area contributed by atoms with Crippen molar-refractivity contribution in [1.82, 2.24) is 9.97 Å². The van der Waals surface area contributed by atoms with Crippen LogP contribution in [0.3, 0.4) is 0 Å². The highest BCUT2D eigenvalue weighted by molar-refractivity contribution is 9.10. The van der Waals surface area contributed by atoms with Gasteiger partial charge in [-0.2, -0.15) is 0 Å². The molecule has 0 aliphatic carbocycles. The van der Waals surface area contributed by atoms with Crippen LogP contribution in [-0.4, -0.2) is 16.3 Å². The Hall–Kier alpha value is -1.29. The first-order chi connectivity index (χ1) is 6.31. The number of nitrogens with zero attached hydrogens (tertiary/aromatic N) is 2. The average Bonchev–Trinajstić information content (AvgIpc) is 2.17. The van der Waals surface area contributed by atoms with E-state index in [0.717, 1.165) is 11.0 Å². The Bertz CT molecular complexity index is 470. The molecule has 4 heteroatoms. The highest BCUT2D eigenvalue weighted by atomic mass is 79.9. The number of aldehydes is 1. The zero-order valence-electron chi connectivity index (χ0n) is 6.57. The summed E-state index contributed by atoms with van der Waals surface area (Å²) in [4.78, 5) is 18.8. The molecule has 1 aromatic carbocycles. The van der Waals surface area contributed by atoms with Crippen LogP contribution in [0.25, 0.3) is 11.0 Å². The van der Waals surface area contributed by atoms with Gasteiger partial charge in [-0.25, -0.2) is 9.97 Å². The summed E-state index contributed by atoms with van der Waals surface area (Å²) < 4.78 is 0.487. The molecule has 1 aromatic heterocycles. The van der Waals surface area contributed by atoms with Crippen LogP contribution < -0.4 is 0 Å². The molecule has 0 amide bonds. The van der Waals surface area contributed by atoms with E-state index in [2.05, 4.69) is 25.9 Å². The maximum Gasteiger partial charge on any atom is 0.171 e. The van der Waals surface area contributed by atoms with Gasteiger partial charge in [-0.1, -0.05) is 12.1 Å². The van der Waals surface area contributed by atoms with E-state index in [-0.39, 0.29) is 0 Å². The molecule has 0 aliphatic rings. The summed E-state index contributed by atoms with van der Waals surface area (Å²) in [5, 5.41) is 0. The average molecular weight is 237 g/mol. The first-order valence-electron chi connectivity index (χ1n) is 3.69. The molecule has 2 rings (SSSR count). The zero-order chi connectivity index (χ0) is 9.26. The number of hydrogen-bond acceptors (Lipinski definition) is 3. The third kappa shape index (κ3) is 1.45. The van der Waals surface area contributed by atoms with Gasteiger partial charge in [-0.15, -0.1) is 0 Å². The molecule has 0 fully saturated rings. The second-order valence-corrected chi connectivity index (χ2v) is 3.26. The second-order valence-electron chi connectivity index (χ2n) is 2.51. The molecule has 0 N–H and O–H groups in total. The van der Waals surface area contributed by atoms with Crippen molar-refractivity contribution in [3.8, 4) is 0 Å². The Morgan fingerprint density at radius 3 is 2.38 bits per heavy atom. The Kier molecular flexibility index (Phi) is 2.06. The van der Waals surface area contributed by atoms with Crippen LogP contribution in [0.4, 0.5) is 0 Å². The van der Waals surface area contributed by atoms with Crippen molar-refractivity contribution in [3.63, 3.8) is 0 Å². The quantitative estimate of drug-likeness (QED) is 0.714. The maximum absolute atomic E-state index is 10.5. The molecule has 0 aliphatic heterocycles. The van der Waals surface area contributed by atoms with Crippen molar-refractivity contribution in [1.29, 1.82) is 0 Å². The molecular formula is C9H5BrN2O. The van der Waals surface area contributed by atoms with Crippen molar-refractivity contribution in [2.45, 2.75) is 0 Å². The minimum Gasteiger partial charge on any atom is -0.296 e. The van der Waals surface area contributed by atoms with Crippen molar-refractivity contribution in [2.75, 3.05) is 0 Å². The summed E-state index contributed by atoms with van der Waals surface area (Å²) in [7, 11) is 0. The summed E-state index contributed by atoms with van der Waals surface area (Å²) in [6, 6.07) is 7.41. The van der Waals surface area contributed by atoms with Gasteiger partial charge in [0, 0.05) is 0 Å². The fraction of sp³-hybridized carbons (Fsp3) is 0. The van der Waals surface area contributed by atoms with Gasteiger partial charge in [0.25, 0.3) is 0 Å². The van der Waals surface area contributed by atoms with Crippen LogP contribution in [0.1, 0.15) is 10.5 Å². The molecule has 3 nitrogen and oxygen atoms in total. The summed E-state index contributed by atoms with van der Waals surface area (Å²) >= 11 is 3.17. The molecule has 1 heterocycles. The lowest BCUT2D eigenvalue weighted by Gasteiger charge is -1.98. The van der Waals surface area contributed by atoms with E-state index in [9.17, 15) is 4.79 Å². The Labute approximate surface area is 82.9 Å². The molecule has 13 heavy (non-hydrogen) atoms. The predicted octanol–water partition coefficient (Wildman–Crippen LogP) is 2.20. The number of benzene rings is 1. The van der Waals surface area contributed by atoms with E-state index in [1.54, 1.807) is 0 Å². The number of fused-ring (bicyclic) bond motifs is 1. The van der Waals surface area contributed by atoms with Crippen LogP contribution in [-0.2, 0) is 0 Å². The van der Waals surface area contributed by atoms with E-state index in [4.69, 9.17) is 0 Å².